The van der Waals surface area contributed by atoms with Crippen LogP contribution in [0.5, 0.6) is 0 Å². The molecule has 0 spiro atoms. The molecule has 0 saturated heterocycles. The molecule has 2 heteroatoms. The van der Waals surface area contributed by atoms with Gasteiger partial charge in [0, 0.05) is 0 Å². The van der Waals surface area contributed by atoms with Gasteiger partial charge in [0.25, 0.3) is 0 Å². The van der Waals surface area contributed by atoms with E-state index in [0.29, 0.717) is 12.8 Å². The maximum absolute atomic E-state index is 12.4. The Balaban J connectivity index is 3.30. The van der Waals surface area contributed by atoms with Crippen molar-refractivity contribution >= 4 is 0 Å². The highest BCUT2D eigenvalue weighted by Gasteiger charge is 2.11. The van der Waals surface area contributed by atoms with Crippen molar-refractivity contribution in [2.75, 3.05) is 0 Å². The van der Waals surface area contributed by atoms with Gasteiger partial charge in [-0.3, -0.25) is 0 Å². The third-order valence-electron chi connectivity index (χ3n) is 1.80. The summed E-state index contributed by atoms with van der Waals surface area (Å²) in [6.07, 6.45) is -0.468. The van der Waals surface area contributed by atoms with E-state index in [1.165, 1.54) is 13.8 Å². The van der Waals surface area contributed by atoms with Gasteiger partial charge >= 0.3 is 0 Å². The zero-order valence-electron chi connectivity index (χ0n) is 6.90. The quantitative estimate of drug-likeness (QED) is 0.577. The van der Waals surface area contributed by atoms with Crippen LogP contribution in [0.15, 0.2) is 0 Å². The molecule has 0 aliphatic rings. The van der Waals surface area contributed by atoms with Gasteiger partial charge in [0.05, 0.1) is 12.3 Å². The minimum absolute atomic E-state index is 0.00167. The van der Waals surface area contributed by atoms with Crippen LogP contribution in [-0.4, -0.2) is 12.3 Å². The molecule has 0 fully saturated rings. The number of hydrogen-bond donors (Lipinski definition) is 0. The lowest BCUT2D eigenvalue weighted by Crippen LogP contribution is -2.09. The minimum Gasteiger partial charge on any atom is -0.248 e. The summed E-state index contributed by atoms with van der Waals surface area (Å²) in [5, 5.41) is 0. The van der Waals surface area contributed by atoms with E-state index in [1.807, 2.05) is 6.92 Å². The zero-order valence-corrected chi connectivity index (χ0v) is 6.90. The second-order valence-corrected chi connectivity index (χ2v) is 3.01. The van der Waals surface area contributed by atoms with Crippen LogP contribution in [0.3, 0.4) is 0 Å². The van der Waals surface area contributed by atoms with E-state index in [0.717, 1.165) is 0 Å². The molecule has 0 bridgehead atoms. The van der Waals surface area contributed by atoms with Crippen LogP contribution in [0.1, 0.15) is 33.6 Å². The highest BCUT2D eigenvalue weighted by molar-refractivity contribution is 4.61. The van der Waals surface area contributed by atoms with Gasteiger partial charge in [0.1, 0.15) is 0 Å². The van der Waals surface area contributed by atoms with Crippen molar-refractivity contribution < 1.29 is 8.78 Å². The van der Waals surface area contributed by atoms with Crippen LogP contribution in [0.4, 0.5) is 8.78 Å². The van der Waals surface area contributed by atoms with E-state index < -0.39 is 12.3 Å². The third-order valence-corrected chi connectivity index (χ3v) is 1.80. The van der Waals surface area contributed by atoms with E-state index in [1.54, 1.807) is 0 Å². The van der Waals surface area contributed by atoms with Crippen molar-refractivity contribution in [2.24, 2.45) is 5.92 Å². The van der Waals surface area contributed by atoms with Crippen molar-refractivity contribution in [3.8, 4) is 0 Å². The molecule has 0 saturated carbocycles. The van der Waals surface area contributed by atoms with Crippen LogP contribution in [0.2, 0.25) is 0 Å². The van der Waals surface area contributed by atoms with Crippen molar-refractivity contribution in [3.63, 3.8) is 0 Å². The van der Waals surface area contributed by atoms with E-state index in [2.05, 4.69) is 0 Å². The molecule has 10 heavy (non-hydrogen) atoms. The molecule has 0 aromatic carbocycles. The van der Waals surface area contributed by atoms with Gasteiger partial charge in [-0.05, 0) is 32.6 Å². The summed E-state index contributed by atoms with van der Waals surface area (Å²) in [6.45, 7) is 4.84. The first-order valence-corrected chi connectivity index (χ1v) is 3.82. The first-order valence-electron chi connectivity index (χ1n) is 3.82. The molecule has 0 heterocycles. The van der Waals surface area contributed by atoms with Crippen LogP contribution in [0.25, 0.3) is 0 Å². The average molecular weight is 150 g/mol. The van der Waals surface area contributed by atoms with Gasteiger partial charge in [0.15, 0.2) is 0 Å². The number of halogens is 2. The Morgan fingerprint density at radius 2 is 1.50 bits per heavy atom. The second kappa shape index (κ2) is 4.64. The van der Waals surface area contributed by atoms with Crippen LogP contribution < -0.4 is 0 Å². The minimum atomic E-state index is -0.807. The fourth-order valence-electron chi connectivity index (χ4n) is 0.722. The van der Waals surface area contributed by atoms with Crippen LogP contribution >= 0.6 is 0 Å². The first kappa shape index (κ1) is 9.86. The average Bonchev–Trinajstić information content (AvgIpc) is 1.82. The molecule has 0 aromatic rings. The van der Waals surface area contributed by atoms with Gasteiger partial charge in [-0.1, -0.05) is 6.92 Å². The molecule has 0 aliphatic carbocycles. The van der Waals surface area contributed by atoms with Crippen molar-refractivity contribution in [1.29, 1.82) is 0 Å². The summed E-state index contributed by atoms with van der Waals surface area (Å²) in [6, 6.07) is 0. The maximum Gasteiger partial charge on any atom is 0.0999 e. The van der Waals surface area contributed by atoms with Crippen molar-refractivity contribution in [1.82, 2.24) is 0 Å². The highest BCUT2D eigenvalue weighted by Crippen LogP contribution is 2.15. The molecule has 3 atom stereocenters. The highest BCUT2D eigenvalue weighted by atomic mass is 19.1. The van der Waals surface area contributed by atoms with E-state index in [9.17, 15) is 8.78 Å². The molecular weight excluding hydrogens is 134 g/mol. The number of alkyl halides is 2. The van der Waals surface area contributed by atoms with E-state index in [4.69, 9.17) is 0 Å². The maximum atomic E-state index is 12.4. The molecule has 0 aromatic heterocycles. The molecule has 0 nitrogen and oxygen atoms in total. The van der Waals surface area contributed by atoms with Crippen molar-refractivity contribution in [3.05, 3.63) is 0 Å². The predicted molar refractivity (Wildman–Crippen MR) is 39.5 cm³/mol. The van der Waals surface area contributed by atoms with Crippen LogP contribution in [0, 0.1) is 5.92 Å². The lowest BCUT2D eigenvalue weighted by Gasteiger charge is -2.11. The molecular formula is C8H16F2. The molecule has 0 radical (unpaired) electrons. The molecule has 1 unspecified atom stereocenters. The van der Waals surface area contributed by atoms with Gasteiger partial charge in [-0.15, -0.1) is 0 Å². The second-order valence-electron chi connectivity index (χ2n) is 3.01. The topological polar surface area (TPSA) is 0 Å². The standard InChI is InChI=1S/C8H16F2/c1-6(8(3)10)4-5-7(2)9/h6-8H,4-5H2,1-3H3/t6?,7-,8+/m1/s1. The third kappa shape index (κ3) is 4.71. The lowest BCUT2D eigenvalue weighted by atomic mass is 10.00. The fourth-order valence-corrected chi connectivity index (χ4v) is 0.722. The van der Waals surface area contributed by atoms with Gasteiger partial charge < -0.3 is 0 Å². The van der Waals surface area contributed by atoms with Gasteiger partial charge in [0.2, 0.25) is 0 Å². The van der Waals surface area contributed by atoms with Crippen LogP contribution in [-0.2, 0) is 0 Å². The summed E-state index contributed by atoms with van der Waals surface area (Å²) >= 11 is 0. The Morgan fingerprint density at radius 1 is 1.00 bits per heavy atom. The monoisotopic (exact) mass is 150 g/mol. The molecule has 62 valence electrons. The molecule has 0 N–H and O–H groups in total. The fraction of sp³-hybridized carbons (Fsp3) is 1.00. The Labute approximate surface area is 61.6 Å². The Hall–Kier alpha value is -0.140. The molecule has 0 aliphatic heterocycles. The summed E-state index contributed by atoms with van der Waals surface area (Å²) in [5.41, 5.74) is 0. The summed E-state index contributed by atoms with van der Waals surface area (Å²) in [5.74, 6) is -0.00167. The Kier molecular flexibility index (Phi) is 4.58. The SMILES string of the molecule is CC(CC[C@@H](C)F)[C@H](C)F. The predicted octanol–water partition coefficient (Wildman–Crippen LogP) is 3.12. The van der Waals surface area contributed by atoms with E-state index in [-0.39, 0.29) is 5.92 Å². The molecule has 0 rings (SSSR count). The Morgan fingerprint density at radius 3 is 1.80 bits per heavy atom. The molecule has 0 amide bonds. The number of rotatable bonds is 4. The summed E-state index contributed by atoms with van der Waals surface area (Å²) in [4.78, 5) is 0. The largest absolute Gasteiger partial charge is 0.248 e. The first-order chi connectivity index (χ1) is 4.54. The smallest absolute Gasteiger partial charge is 0.0999 e. The summed E-state index contributed by atoms with van der Waals surface area (Å²) < 4.78 is 24.6. The lowest BCUT2D eigenvalue weighted by molar-refractivity contribution is 0.228. The van der Waals surface area contributed by atoms with Crippen molar-refractivity contribution in [2.45, 2.75) is 46.0 Å². The normalized spacial score (nSPS) is 20.1. The number of hydrogen-bond acceptors (Lipinski definition) is 0. The Bertz CT molecular complexity index is 79.3. The van der Waals surface area contributed by atoms with Gasteiger partial charge in [-0.2, -0.15) is 0 Å². The van der Waals surface area contributed by atoms with E-state index >= 15 is 0 Å². The van der Waals surface area contributed by atoms with Gasteiger partial charge in [-0.25, -0.2) is 8.78 Å². The zero-order chi connectivity index (χ0) is 8.15. The summed E-state index contributed by atoms with van der Waals surface area (Å²) in [7, 11) is 0.